The predicted octanol–water partition coefficient (Wildman–Crippen LogP) is 4.01. The molecule has 0 amide bonds. The molecule has 112 valence electrons. The van der Waals surface area contributed by atoms with Gasteiger partial charge in [0.15, 0.2) is 0 Å². The summed E-state index contributed by atoms with van der Waals surface area (Å²) in [5.41, 5.74) is 8.00. The Bertz CT molecular complexity index is 456. The maximum Gasteiger partial charge on any atom is 0.124 e. The molecule has 2 unspecified atom stereocenters. The van der Waals surface area contributed by atoms with Gasteiger partial charge in [-0.2, -0.15) is 0 Å². The molecular weight excluding hydrogens is 250 g/mol. The highest BCUT2D eigenvalue weighted by atomic mass is 16.5. The highest BCUT2D eigenvalue weighted by Gasteiger charge is 2.32. The third kappa shape index (κ3) is 3.89. The maximum absolute atomic E-state index is 6.14. The summed E-state index contributed by atoms with van der Waals surface area (Å²) in [6.45, 7) is 7.56. The van der Waals surface area contributed by atoms with Crippen LogP contribution >= 0.6 is 0 Å². The highest BCUT2D eigenvalue weighted by molar-refractivity contribution is 5.47. The lowest BCUT2D eigenvalue weighted by Crippen LogP contribution is -2.32. The van der Waals surface area contributed by atoms with Gasteiger partial charge >= 0.3 is 0 Å². The van der Waals surface area contributed by atoms with Crippen LogP contribution in [-0.4, -0.2) is 13.2 Å². The zero-order valence-corrected chi connectivity index (χ0v) is 13.1. The molecule has 0 spiro atoms. The Morgan fingerprint density at radius 2 is 2.05 bits per heavy atom. The Labute approximate surface area is 122 Å². The fourth-order valence-corrected chi connectivity index (χ4v) is 3.50. The summed E-state index contributed by atoms with van der Waals surface area (Å²) in [6.07, 6.45) is 3.89. The van der Waals surface area contributed by atoms with E-state index in [0.717, 1.165) is 35.8 Å². The second-order valence-corrected chi connectivity index (χ2v) is 6.92. The smallest absolute Gasteiger partial charge is 0.124 e. The van der Waals surface area contributed by atoms with Crippen LogP contribution in [0, 0.1) is 11.3 Å². The molecule has 1 fully saturated rings. The van der Waals surface area contributed by atoms with Crippen LogP contribution in [0.4, 0.5) is 5.69 Å². The van der Waals surface area contributed by atoms with Crippen molar-refractivity contribution in [1.82, 2.24) is 0 Å². The van der Waals surface area contributed by atoms with Crippen molar-refractivity contribution in [2.75, 3.05) is 12.8 Å². The molecule has 20 heavy (non-hydrogen) atoms. The first-order chi connectivity index (χ1) is 9.39. The number of nitrogen functional groups attached to an aromatic ring is 1. The van der Waals surface area contributed by atoms with E-state index in [1.807, 2.05) is 18.2 Å². The zero-order chi connectivity index (χ0) is 14.8. The van der Waals surface area contributed by atoms with Crippen molar-refractivity contribution in [3.63, 3.8) is 0 Å². The topological polar surface area (TPSA) is 44.5 Å². The molecule has 0 saturated heterocycles. The van der Waals surface area contributed by atoms with Crippen LogP contribution in [0.2, 0.25) is 0 Å². The average Bonchev–Trinajstić information content (AvgIpc) is 2.34. The minimum Gasteiger partial charge on any atom is -0.496 e. The summed E-state index contributed by atoms with van der Waals surface area (Å²) in [7, 11) is 1.68. The molecule has 1 aliphatic rings. The van der Waals surface area contributed by atoms with E-state index in [1.165, 1.54) is 6.42 Å². The number of rotatable bonds is 4. The molecule has 2 rings (SSSR count). The standard InChI is InChI=1S/C17H27NO2/c1-12-7-15(10-17(2,3)9-12)20-11-13-8-14(18)5-6-16(13)19-4/h5-6,8,12,15H,7,9-11,18H2,1-4H3. The van der Waals surface area contributed by atoms with Crippen LogP contribution in [-0.2, 0) is 11.3 Å². The van der Waals surface area contributed by atoms with Gasteiger partial charge in [0.05, 0.1) is 19.8 Å². The Hall–Kier alpha value is -1.22. The number of anilines is 1. The van der Waals surface area contributed by atoms with Crippen molar-refractivity contribution in [1.29, 1.82) is 0 Å². The molecule has 3 nitrogen and oxygen atoms in total. The summed E-state index contributed by atoms with van der Waals surface area (Å²) in [5.74, 6) is 1.58. The normalized spacial score (nSPS) is 25.4. The first-order valence-electron chi connectivity index (χ1n) is 7.43. The van der Waals surface area contributed by atoms with E-state index in [1.54, 1.807) is 7.11 Å². The first kappa shape index (κ1) is 15.2. The SMILES string of the molecule is COc1ccc(N)cc1COC1CC(C)CC(C)(C)C1. The van der Waals surface area contributed by atoms with Gasteiger partial charge in [0.1, 0.15) is 5.75 Å². The summed E-state index contributed by atoms with van der Waals surface area (Å²) < 4.78 is 11.5. The van der Waals surface area contributed by atoms with E-state index in [0.29, 0.717) is 18.1 Å². The molecule has 0 aliphatic heterocycles. The van der Waals surface area contributed by atoms with Crippen molar-refractivity contribution in [3.8, 4) is 5.75 Å². The van der Waals surface area contributed by atoms with Gasteiger partial charge in [0.2, 0.25) is 0 Å². The van der Waals surface area contributed by atoms with Crippen LogP contribution in [0.25, 0.3) is 0 Å². The van der Waals surface area contributed by atoms with E-state index in [4.69, 9.17) is 15.2 Å². The first-order valence-corrected chi connectivity index (χ1v) is 7.43. The lowest BCUT2D eigenvalue weighted by molar-refractivity contribution is -0.0320. The molecule has 1 aliphatic carbocycles. The fraction of sp³-hybridized carbons (Fsp3) is 0.647. The predicted molar refractivity (Wildman–Crippen MR) is 82.8 cm³/mol. The van der Waals surface area contributed by atoms with E-state index in [9.17, 15) is 0 Å². The van der Waals surface area contributed by atoms with Crippen LogP contribution in [0.15, 0.2) is 18.2 Å². The number of ether oxygens (including phenoxy) is 2. The molecule has 0 radical (unpaired) electrons. The Balaban J connectivity index is 2.00. The Morgan fingerprint density at radius 3 is 2.70 bits per heavy atom. The fourth-order valence-electron chi connectivity index (χ4n) is 3.50. The van der Waals surface area contributed by atoms with E-state index in [-0.39, 0.29) is 0 Å². The van der Waals surface area contributed by atoms with Gasteiger partial charge in [-0.15, -0.1) is 0 Å². The van der Waals surface area contributed by atoms with Crippen molar-refractivity contribution < 1.29 is 9.47 Å². The summed E-state index contributed by atoms with van der Waals surface area (Å²) in [5, 5.41) is 0. The number of methoxy groups -OCH3 is 1. The zero-order valence-electron chi connectivity index (χ0n) is 13.1. The van der Waals surface area contributed by atoms with Crippen LogP contribution in [0.3, 0.4) is 0 Å². The quantitative estimate of drug-likeness (QED) is 0.846. The minimum absolute atomic E-state index is 0.333. The van der Waals surface area contributed by atoms with E-state index in [2.05, 4.69) is 20.8 Å². The second-order valence-electron chi connectivity index (χ2n) is 6.92. The van der Waals surface area contributed by atoms with Crippen molar-refractivity contribution in [2.45, 2.75) is 52.7 Å². The van der Waals surface area contributed by atoms with Crippen LogP contribution in [0.5, 0.6) is 5.75 Å². The molecule has 2 atom stereocenters. The molecule has 1 aromatic carbocycles. The molecule has 3 heteroatoms. The number of nitrogens with two attached hydrogens (primary N) is 1. The summed E-state index contributed by atoms with van der Waals surface area (Å²) >= 11 is 0. The van der Waals surface area contributed by atoms with Crippen LogP contribution in [0.1, 0.15) is 45.6 Å². The lowest BCUT2D eigenvalue weighted by Gasteiger charge is -2.38. The van der Waals surface area contributed by atoms with E-state index < -0.39 is 0 Å². The molecule has 2 N–H and O–H groups in total. The van der Waals surface area contributed by atoms with Gasteiger partial charge in [-0.25, -0.2) is 0 Å². The summed E-state index contributed by atoms with van der Waals surface area (Å²) in [4.78, 5) is 0. The van der Waals surface area contributed by atoms with Gasteiger partial charge in [-0.05, 0) is 48.8 Å². The third-order valence-electron chi connectivity index (χ3n) is 4.13. The van der Waals surface area contributed by atoms with Gasteiger partial charge in [0.25, 0.3) is 0 Å². The Kier molecular flexibility index (Phi) is 4.59. The number of hydrogen-bond acceptors (Lipinski definition) is 3. The van der Waals surface area contributed by atoms with Crippen molar-refractivity contribution in [3.05, 3.63) is 23.8 Å². The average molecular weight is 277 g/mol. The molecular formula is C17H27NO2. The maximum atomic E-state index is 6.14. The van der Waals surface area contributed by atoms with Crippen molar-refractivity contribution >= 4 is 5.69 Å². The third-order valence-corrected chi connectivity index (χ3v) is 4.13. The van der Waals surface area contributed by atoms with Gasteiger partial charge in [0, 0.05) is 11.3 Å². The second kappa shape index (κ2) is 6.04. The van der Waals surface area contributed by atoms with Crippen LogP contribution < -0.4 is 10.5 Å². The minimum atomic E-state index is 0.333. The van der Waals surface area contributed by atoms with Crippen molar-refractivity contribution in [2.24, 2.45) is 11.3 Å². The molecule has 1 saturated carbocycles. The lowest BCUT2D eigenvalue weighted by atomic mass is 9.71. The van der Waals surface area contributed by atoms with Gasteiger partial charge < -0.3 is 15.2 Å². The molecule has 0 aromatic heterocycles. The molecule has 0 bridgehead atoms. The summed E-state index contributed by atoms with van der Waals surface area (Å²) in [6, 6.07) is 5.70. The largest absolute Gasteiger partial charge is 0.496 e. The number of benzene rings is 1. The van der Waals surface area contributed by atoms with Gasteiger partial charge in [-0.3, -0.25) is 0 Å². The highest BCUT2D eigenvalue weighted by Crippen LogP contribution is 2.40. The monoisotopic (exact) mass is 277 g/mol. The van der Waals surface area contributed by atoms with Gasteiger partial charge in [-0.1, -0.05) is 20.8 Å². The Morgan fingerprint density at radius 1 is 1.30 bits per heavy atom. The number of hydrogen-bond donors (Lipinski definition) is 1. The van der Waals surface area contributed by atoms with E-state index >= 15 is 0 Å². The molecule has 1 aromatic rings. The molecule has 0 heterocycles.